The second-order valence-electron chi connectivity index (χ2n) is 6.91. The van der Waals surface area contributed by atoms with Crippen molar-refractivity contribution in [2.24, 2.45) is 0 Å². The Balaban J connectivity index is 1.60. The minimum atomic E-state index is -3.75. The van der Waals surface area contributed by atoms with Gasteiger partial charge in [0.15, 0.2) is 0 Å². The third kappa shape index (κ3) is 5.96. The molecule has 2 aromatic carbocycles. The van der Waals surface area contributed by atoms with Crippen molar-refractivity contribution in [2.75, 3.05) is 20.2 Å². The molecule has 0 aliphatic carbocycles. The Morgan fingerprint density at radius 2 is 1.94 bits per heavy atom. The van der Waals surface area contributed by atoms with Crippen molar-refractivity contribution in [3.05, 3.63) is 83.3 Å². The van der Waals surface area contributed by atoms with Gasteiger partial charge < -0.3 is 14.8 Å². The van der Waals surface area contributed by atoms with Crippen molar-refractivity contribution < 1.29 is 22.7 Å². The van der Waals surface area contributed by atoms with E-state index in [1.54, 1.807) is 6.07 Å². The van der Waals surface area contributed by atoms with Gasteiger partial charge in [0.1, 0.15) is 11.5 Å². The van der Waals surface area contributed by atoms with Crippen LogP contribution in [0.3, 0.4) is 0 Å². The average molecular weight is 443 g/mol. The number of hydrogen-bond acceptors (Lipinski definition) is 6. The zero-order valence-electron chi connectivity index (χ0n) is 17.6. The lowest BCUT2D eigenvalue weighted by atomic mass is 10.1. The van der Waals surface area contributed by atoms with E-state index in [0.29, 0.717) is 18.6 Å². The fraction of sp³-hybridized carbons (Fsp3) is 0.261. The molecule has 0 atom stereocenters. The number of nitrogens with one attached hydrogen (secondary N) is 2. The van der Waals surface area contributed by atoms with Gasteiger partial charge in [-0.15, -0.1) is 0 Å². The number of carbonyl (C=O) groups excluding carboxylic acids is 1. The molecular formula is C23H26N2O5S. The molecule has 1 heterocycles. The van der Waals surface area contributed by atoms with Gasteiger partial charge in [-0.3, -0.25) is 0 Å². The fourth-order valence-electron chi connectivity index (χ4n) is 3.12. The molecule has 2 aromatic rings. The number of benzene rings is 2. The van der Waals surface area contributed by atoms with E-state index in [2.05, 4.69) is 10.0 Å². The summed E-state index contributed by atoms with van der Waals surface area (Å²) in [6.45, 7) is 2.85. The predicted octanol–water partition coefficient (Wildman–Crippen LogP) is 2.94. The smallest absolute Gasteiger partial charge is 0.338 e. The van der Waals surface area contributed by atoms with Crippen LogP contribution in [0, 0.1) is 0 Å². The second kappa shape index (κ2) is 10.3. The van der Waals surface area contributed by atoms with Gasteiger partial charge in [0, 0.05) is 19.3 Å². The molecule has 1 aliphatic rings. The van der Waals surface area contributed by atoms with Crippen LogP contribution in [0.2, 0.25) is 0 Å². The van der Waals surface area contributed by atoms with Gasteiger partial charge in [-0.2, -0.15) is 0 Å². The van der Waals surface area contributed by atoms with Crippen LogP contribution in [-0.4, -0.2) is 34.6 Å². The number of allylic oxidation sites excluding steroid dienone is 1. The van der Waals surface area contributed by atoms with Crippen LogP contribution in [0.15, 0.2) is 71.5 Å². The van der Waals surface area contributed by atoms with Crippen LogP contribution in [-0.2, 0) is 27.6 Å². The first-order chi connectivity index (χ1) is 14.9. The van der Waals surface area contributed by atoms with Crippen molar-refractivity contribution in [1.29, 1.82) is 0 Å². The first-order valence-corrected chi connectivity index (χ1v) is 11.5. The van der Waals surface area contributed by atoms with Gasteiger partial charge in [-0.05, 0) is 60.4 Å². The summed E-state index contributed by atoms with van der Waals surface area (Å²) in [5.74, 6) is 0.945. The molecule has 0 spiro atoms. The van der Waals surface area contributed by atoms with E-state index in [0.717, 1.165) is 23.4 Å². The highest BCUT2D eigenvalue weighted by Crippen LogP contribution is 2.19. The third-order valence-corrected chi connectivity index (χ3v) is 6.29. The molecule has 1 aliphatic heterocycles. The second-order valence-corrected chi connectivity index (χ2v) is 8.67. The Hall–Kier alpha value is -3.10. The number of dihydropyridines is 1. The standard InChI is InChI=1S/C23H26N2O5S/c1-3-18-6-9-21(16-22(18)23(26)29-2)31(27,28)25-15-10-17-4-7-19(8-5-17)30-20-11-13-24-14-12-20/h4-9,11-13,16,24-25H,3,10,14-15H2,1-2H3. The Morgan fingerprint density at radius 3 is 2.58 bits per heavy atom. The Kier molecular flexibility index (Phi) is 7.49. The van der Waals surface area contributed by atoms with E-state index in [4.69, 9.17) is 9.47 Å². The zero-order valence-corrected chi connectivity index (χ0v) is 18.4. The normalized spacial score (nSPS) is 13.3. The summed E-state index contributed by atoms with van der Waals surface area (Å²) in [5.41, 5.74) is 1.98. The molecule has 0 bridgehead atoms. The highest BCUT2D eigenvalue weighted by Gasteiger charge is 2.19. The quantitative estimate of drug-likeness (QED) is 0.580. The molecule has 3 rings (SSSR count). The Bertz CT molecular complexity index is 1090. The minimum Gasteiger partial charge on any atom is -0.465 e. The maximum absolute atomic E-state index is 12.7. The first-order valence-electron chi connectivity index (χ1n) is 10.0. The lowest BCUT2D eigenvalue weighted by molar-refractivity contribution is 0.0599. The van der Waals surface area contributed by atoms with Crippen molar-refractivity contribution in [3.63, 3.8) is 0 Å². The summed E-state index contributed by atoms with van der Waals surface area (Å²) < 4.78 is 38.4. The molecule has 0 amide bonds. The van der Waals surface area contributed by atoms with Crippen molar-refractivity contribution in [1.82, 2.24) is 10.0 Å². The van der Waals surface area contributed by atoms with Crippen molar-refractivity contribution >= 4 is 16.0 Å². The summed E-state index contributed by atoms with van der Waals surface area (Å²) in [6.07, 6.45) is 6.75. The molecule has 0 aromatic heterocycles. The summed E-state index contributed by atoms with van der Waals surface area (Å²) in [5, 5.41) is 3.06. The third-order valence-electron chi connectivity index (χ3n) is 4.83. The Morgan fingerprint density at radius 1 is 1.16 bits per heavy atom. The van der Waals surface area contributed by atoms with Gasteiger partial charge in [-0.25, -0.2) is 17.9 Å². The SMILES string of the molecule is CCc1ccc(S(=O)(=O)NCCc2ccc(OC3=CCNC=C3)cc2)cc1C(=O)OC. The molecule has 31 heavy (non-hydrogen) atoms. The van der Waals surface area contributed by atoms with Gasteiger partial charge in [-0.1, -0.05) is 25.1 Å². The van der Waals surface area contributed by atoms with Crippen LogP contribution in [0.1, 0.15) is 28.4 Å². The van der Waals surface area contributed by atoms with E-state index in [1.165, 1.54) is 19.2 Å². The molecule has 0 unspecified atom stereocenters. The van der Waals surface area contributed by atoms with Crippen LogP contribution >= 0.6 is 0 Å². The zero-order chi connectivity index (χ0) is 22.3. The molecule has 0 saturated heterocycles. The van der Waals surface area contributed by atoms with E-state index in [1.807, 2.05) is 49.5 Å². The van der Waals surface area contributed by atoms with Crippen molar-refractivity contribution in [3.8, 4) is 5.75 Å². The molecule has 0 radical (unpaired) electrons. The molecular weight excluding hydrogens is 416 g/mol. The fourth-order valence-corrected chi connectivity index (χ4v) is 4.17. The molecule has 8 heteroatoms. The van der Waals surface area contributed by atoms with E-state index in [-0.39, 0.29) is 17.0 Å². The van der Waals surface area contributed by atoms with Gasteiger partial charge in [0.25, 0.3) is 0 Å². The summed E-state index contributed by atoms with van der Waals surface area (Å²) in [6, 6.07) is 12.0. The lowest BCUT2D eigenvalue weighted by Gasteiger charge is -2.12. The topological polar surface area (TPSA) is 93.7 Å². The number of ether oxygens (including phenoxy) is 2. The molecule has 0 saturated carbocycles. The van der Waals surface area contributed by atoms with E-state index in [9.17, 15) is 13.2 Å². The average Bonchev–Trinajstić information content (AvgIpc) is 2.80. The van der Waals surface area contributed by atoms with Gasteiger partial charge in [0.05, 0.1) is 17.6 Å². The minimum absolute atomic E-state index is 0.0390. The van der Waals surface area contributed by atoms with Crippen LogP contribution in [0.25, 0.3) is 0 Å². The molecule has 7 nitrogen and oxygen atoms in total. The summed E-state index contributed by atoms with van der Waals surface area (Å²) in [4.78, 5) is 12.0. The lowest BCUT2D eigenvalue weighted by Crippen LogP contribution is -2.26. The largest absolute Gasteiger partial charge is 0.465 e. The number of sulfonamides is 1. The highest BCUT2D eigenvalue weighted by molar-refractivity contribution is 7.89. The number of rotatable bonds is 9. The van der Waals surface area contributed by atoms with Crippen LogP contribution in [0.4, 0.5) is 0 Å². The number of aryl methyl sites for hydroxylation is 1. The molecule has 2 N–H and O–H groups in total. The van der Waals surface area contributed by atoms with Gasteiger partial charge >= 0.3 is 5.97 Å². The number of esters is 1. The molecule has 164 valence electrons. The van der Waals surface area contributed by atoms with Crippen molar-refractivity contribution in [2.45, 2.75) is 24.7 Å². The predicted molar refractivity (Wildman–Crippen MR) is 118 cm³/mol. The number of methoxy groups -OCH3 is 1. The van der Waals surface area contributed by atoms with E-state index >= 15 is 0 Å². The van der Waals surface area contributed by atoms with Gasteiger partial charge in [0.2, 0.25) is 10.0 Å². The molecule has 0 fully saturated rings. The number of hydrogen-bond donors (Lipinski definition) is 2. The highest BCUT2D eigenvalue weighted by atomic mass is 32.2. The maximum Gasteiger partial charge on any atom is 0.338 e. The summed E-state index contributed by atoms with van der Waals surface area (Å²) >= 11 is 0. The number of carbonyl (C=O) groups is 1. The monoisotopic (exact) mass is 442 g/mol. The van der Waals surface area contributed by atoms with Crippen LogP contribution < -0.4 is 14.8 Å². The maximum atomic E-state index is 12.7. The summed E-state index contributed by atoms with van der Waals surface area (Å²) in [7, 11) is -2.48. The first kappa shape index (κ1) is 22.6. The van der Waals surface area contributed by atoms with E-state index < -0.39 is 16.0 Å². The van der Waals surface area contributed by atoms with Crippen LogP contribution in [0.5, 0.6) is 5.75 Å². The Labute approximate surface area is 182 Å².